The molecule has 56 heavy (non-hydrogen) atoms. The zero-order valence-electron chi connectivity index (χ0n) is 32.3. The minimum absolute atomic E-state index is 0.00510. The van der Waals surface area contributed by atoms with Gasteiger partial charge in [-0.3, -0.25) is 18.7 Å². The average Bonchev–Trinajstić information content (AvgIpc) is 3.92. The van der Waals surface area contributed by atoms with Crippen molar-refractivity contribution in [3.8, 4) is 10.8 Å². The molecule has 1 saturated heterocycles. The highest BCUT2D eigenvalue weighted by atomic mass is 32.1. The van der Waals surface area contributed by atoms with Crippen molar-refractivity contribution in [1.29, 1.82) is 0 Å². The Kier molecular flexibility index (Phi) is 11.0. The third-order valence-corrected chi connectivity index (χ3v) is 16.9. The van der Waals surface area contributed by atoms with Crippen LogP contribution in [0.3, 0.4) is 0 Å². The summed E-state index contributed by atoms with van der Waals surface area (Å²) >= 11 is 1.20. The first-order valence-corrected chi connectivity index (χ1v) is 21.2. The Morgan fingerprint density at radius 1 is 0.946 bits per heavy atom. The van der Waals surface area contributed by atoms with E-state index in [1.54, 1.807) is 14.0 Å². The van der Waals surface area contributed by atoms with Gasteiger partial charge in [-0.25, -0.2) is 9.18 Å². The number of likely N-dealkylation sites (tertiary alicyclic amines) is 1. The number of ether oxygens (including phenoxy) is 2. The van der Waals surface area contributed by atoms with Crippen LogP contribution in [0.1, 0.15) is 50.5 Å². The van der Waals surface area contributed by atoms with Gasteiger partial charge in [0, 0.05) is 31.1 Å². The Bertz CT molecular complexity index is 2420. The van der Waals surface area contributed by atoms with Crippen LogP contribution in [0.4, 0.5) is 4.39 Å². The number of methoxy groups -OCH3 is 1. The second-order valence-electron chi connectivity index (χ2n) is 15.0. The zero-order valence-corrected chi connectivity index (χ0v) is 34.1. The maximum absolute atomic E-state index is 15.1. The van der Waals surface area contributed by atoms with Crippen LogP contribution in [0.25, 0.3) is 15.2 Å². The van der Waals surface area contributed by atoms with E-state index in [9.17, 15) is 14.4 Å². The lowest BCUT2D eigenvalue weighted by Crippen LogP contribution is -2.66. The van der Waals surface area contributed by atoms with E-state index in [2.05, 4.69) is 55.2 Å². The predicted molar refractivity (Wildman–Crippen MR) is 217 cm³/mol. The highest BCUT2D eigenvalue weighted by molar-refractivity contribution is 7.21. The van der Waals surface area contributed by atoms with E-state index in [-0.39, 0.29) is 43.7 Å². The molecule has 6 aromatic rings. The van der Waals surface area contributed by atoms with Crippen LogP contribution in [-0.2, 0) is 20.5 Å². The van der Waals surface area contributed by atoms with E-state index < -0.39 is 37.5 Å². The summed E-state index contributed by atoms with van der Waals surface area (Å²) in [5.41, 5.74) is -0.134. The van der Waals surface area contributed by atoms with Gasteiger partial charge in [0.1, 0.15) is 27.5 Å². The second kappa shape index (κ2) is 15.7. The largest absolute Gasteiger partial charge is 0.496 e. The molecule has 1 amide bonds. The number of nitrogens with zero attached hydrogens (tertiary/aromatic N) is 6. The van der Waals surface area contributed by atoms with Crippen molar-refractivity contribution in [2.75, 3.05) is 33.9 Å². The minimum atomic E-state index is -2.92. The Hall–Kier alpha value is -5.22. The van der Waals surface area contributed by atoms with Gasteiger partial charge in [0.2, 0.25) is 5.91 Å². The molecule has 0 N–H and O–H groups in total. The number of rotatable bonds is 13. The Balaban J connectivity index is 1.32. The van der Waals surface area contributed by atoms with Gasteiger partial charge in [-0.2, -0.15) is 10.2 Å². The molecule has 4 heterocycles. The molecule has 1 aliphatic rings. The smallest absolute Gasteiger partial charge is 0.332 e. The zero-order chi connectivity index (χ0) is 39.8. The van der Waals surface area contributed by atoms with Gasteiger partial charge in [0.25, 0.3) is 13.9 Å². The second-order valence-corrected chi connectivity index (χ2v) is 20.3. The van der Waals surface area contributed by atoms with Crippen molar-refractivity contribution in [1.82, 2.24) is 29.0 Å². The average molecular weight is 797 g/mol. The third kappa shape index (κ3) is 7.04. The summed E-state index contributed by atoms with van der Waals surface area (Å²) in [6, 6.07) is 24.0. The Labute approximate surface area is 328 Å². The van der Waals surface area contributed by atoms with E-state index >= 15 is 4.39 Å². The molecule has 12 nitrogen and oxygen atoms in total. The summed E-state index contributed by atoms with van der Waals surface area (Å²) in [7, 11) is 0.221. The van der Waals surface area contributed by atoms with Crippen LogP contribution in [0.2, 0.25) is 5.04 Å². The van der Waals surface area contributed by atoms with E-state index in [1.807, 2.05) is 36.4 Å². The first-order valence-electron chi connectivity index (χ1n) is 18.4. The molecule has 7 rings (SSSR count). The summed E-state index contributed by atoms with van der Waals surface area (Å²) in [4.78, 5) is 45.0. The number of hydrogen-bond donors (Lipinski definition) is 0. The van der Waals surface area contributed by atoms with E-state index in [0.717, 1.165) is 10.4 Å². The fourth-order valence-electron chi connectivity index (χ4n) is 7.87. The van der Waals surface area contributed by atoms with Crippen molar-refractivity contribution in [2.24, 2.45) is 0 Å². The molecule has 0 aliphatic carbocycles. The van der Waals surface area contributed by atoms with Crippen molar-refractivity contribution < 1.29 is 23.1 Å². The van der Waals surface area contributed by atoms with Crippen molar-refractivity contribution in [2.45, 2.75) is 57.8 Å². The minimum Gasteiger partial charge on any atom is -0.496 e. The van der Waals surface area contributed by atoms with Crippen molar-refractivity contribution >= 4 is 46.2 Å². The molecule has 1 aliphatic heterocycles. The number of hydrogen-bond acceptors (Lipinski definition) is 9. The van der Waals surface area contributed by atoms with Crippen LogP contribution >= 0.6 is 11.3 Å². The molecule has 2 atom stereocenters. The number of fused-ring (bicyclic) bond motifs is 1. The predicted octanol–water partition coefficient (Wildman–Crippen LogP) is 5.00. The first-order chi connectivity index (χ1) is 26.9. The van der Waals surface area contributed by atoms with Gasteiger partial charge < -0.3 is 18.8 Å². The van der Waals surface area contributed by atoms with Crippen LogP contribution < -0.4 is 26.4 Å². The lowest BCUT2D eigenvalue weighted by Gasteiger charge is -2.43. The Morgan fingerprint density at radius 2 is 1.59 bits per heavy atom. The molecule has 0 bridgehead atoms. The monoisotopic (exact) mass is 796 g/mol. The van der Waals surface area contributed by atoms with E-state index in [4.69, 9.17) is 13.9 Å². The maximum atomic E-state index is 15.1. The number of amides is 1. The molecular weight excluding hydrogens is 752 g/mol. The van der Waals surface area contributed by atoms with Gasteiger partial charge in [-0.05, 0) is 40.5 Å². The molecule has 1 fully saturated rings. The topological polar surface area (TPSA) is 123 Å². The van der Waals surface area contributed by atoms with Crippen LogP contribution in [0, 0.1) is 12.7 Å². The maximum Gasteiger partial charge on any atom is 0.332 e. The van der Waals surface area contributed by atoms with Crippen LogP contribution in [-0.4, -0.2) is 77.2 Å². The number of benzene rings is 3. The number of carbonyl (C=O) groups excluding carboxylic acids is 1. The summed E-state index contributed by atoms with van der Waals surface area (Å²) in [6.45, 7) is 8.73. The van der Waals surface area contributed by atoms with Gasteiger partial charge in [0.05, 0.1) is 50.7 Å². The number of thiophene rings is 1. The fourth-order valence-corrected chi connectivity index (χ4v) is 13.6. The molecular formula is C41H45FN6O6SSi. The molecule has 15 heteroatoms. The van der Waals surface area contributed by atoms with Crippen LogP contribution in [0.5, 0.6) is 5.75 Å². The van der Waals surface area contributed by atoms with Crippen molar-refractivity contribution in [3.05, 3.63) is 129 Å². The molecule has 0 spiro atoms. The highest BCUT2D eigenvalue weighted by Crippen LogP contribution is 2.38. The van der Waals surface area contributed by atoms with Gasteiger partial charge >= 0.3 is 5.69 Å². The highest BCUT2D eigenvalue weighted by Gasteiger charge is 2.50. The van der Waals surface area contributed by atoms with E-state index in [1.165, 1.54) is 67.9 Å². The molecule has 0 saturated carbocycles. The quantitative estimate of drug-likeness (QED) is 0.118. The van der Waals surface area contributed by atoms with Gasteiger partial charge in [-0.15, -0.1) is 4.80 Å². The number of aromatic nitrogens is 5. The number of halogens is 1. The summed E-state index contributed by atoms with van der Waals surface area (Å²) < 4.78 is 37.2. The van der Waals surface area contributed by atoms with Gasteiger partial charge in [0.15, 0.2) is 0 Å². The fraction of sp³-hybridized carbons (Fsp3) is 0.341. The lowest BCUT2D eigenvalue weighted by atomic mass is 10.1. The standard InChI is InChI=1S/C41H45FN6O6SSi/c1-27-36-37(50)47(29-24-35(49)45(5)25-29)40(51)46(39(36)55-38(27)48-43-19-20-44-48)26-34(32-23-28(42)17-18-33(32)52-6)53-21-22-54-56(41(2,3)4,30-13-9-7-10-14-30)31-15-11-8-12-16-31/h7-20,23,29,34H,21-22,24-26H2,1-6H3/t29?,34-/m0/s1. The molecule has 3 aromatic heterocycles. The molecule has 3 aromatic carbocycles. The lowest BCUT2D eigenvalue weighted by molar-refractivity contribution is -0.126. The number of likely N-dealkylation sites (N-methyl/N-ethyl adjacent to an activating group) is 1. The summed E-state index contributed by atoms with van der Waals surface area (Å²) in [5.74, 6) is -0.302. The summed E-state index contributed by atoms with van der Waals surface area (Å²) in [6.07, 6.45) is 2.14. The normalized spacial score (nSPS) is 15.5. The summed E-state index contributed by atoms with van der Waals surface area (Å²) in [5, 5.41) is 11.4. The first kappa shape index (κ1) is 39.0. The Morgan fingerprint density at radius 3 is 2.16 bits per heavy atom. The molecule has 1 unspecified atom stereocenters. The van der Waals surface area contributed by atoms with Crippen LogP contribution in [0.15, 0.2) is 101 Å². The van der Waals surface area contributed by atoms with Crippen molar-refractivity contribution in [3.63, 3.8) is 0 Å². The number of carbonyl (C=O) groups is 1. The molecule has 0 radical (unpaired) electrons. The van der Waals surface area contributed by atoms with Gasteiger partial charge in [-0.1, -0.05) is 92.8 Å². The molecule has 292 valence electrons. The number of aryl methyl sites for hydroxylation is 1. The van der Waals surface area contributed by atoms with E-state index in [0.29, 0.717) is 32.1 Å². The third-order valence-electron chi connectivity index (χ3n) is 10.5. The SMILES string of the molecule is COc1ccc(F)cc1[C@H](Cn1c(=O)n(C2CC(=O)N(C)C2)c(=O)c2c(C)c(-n3nccn3)sc21)OCCO[Si](c1ccccc1)(c1ccccc1)C(C)(C)C.